The highest BCUT2D eigenvalue weighted by Crippen LogP contribution is 2.33. The van der Waals surface area contributed by atoms with E-state index in [1.165, 1.54) is 0 Å². The molecule has 1 aromatic carbocycles. The minimum atomic E-state index is -0.694. The van der Waals surface area contributed by atoms with Crippen molar-refractivity contribution in [1.82, 2.24) is 10.6 Å². The Hall–Kier alpha value is -2.42. The van der Waals surface area contributed by atoms with Crippen molar-refractivity contribution in [2.45, 2.75) is 0 Å². The third-order valence-corrected chi connectivity index (χ3v) is 2.91. The Labute approximate surface area is 114 Å². The van der Waals surface area contributed by atoms with E-state index in [0.717, 1.165) is 18.2 Å². The standard InChI is InChI=1S/C10H6BrN3O5/c11-6-3-5(14(18)19)1-4(8(6)15)2-7-9(16)13-10(17)12-7/h1-3,15H,(H2,12,13,16,17)/b7-2+. The van der Waals surface area contributed by atoms with Crippen molar-refractivity contribution in [3.05, 3.63) is 38.0 Å². The van der Waals surface area contributed by atoms with Crippen LogP contribution in [0.4, 0.5) is 10.5 Å². The molecule has 0 radical (unpaired) electrons. The molecule has 19 heavy (non-hydrogen) atoms. The van der Waals surface area contributed by atoms with Crippen molar-refractivity contribution in [3.63, 3.8) is 0 Å². The summed E-state index contributed by atoms with van der Waals surface area (Å²) in [6.07, 6.45) is 1.15. The van der Waals surface area contributed by atoms with E-state index in [0.29, 0.717) is 0 Å². The van der Waals surface area contributed by atoms with Gasteiger partial charge in [-0.3, -0.25) is 20.2 Å². The molecule has 0 aliphatic carbocycles. The number of nitrogens with one attached hydrogen (secondary N) is 2. The number of urea groups is 1. The van der Waals surface area contributed by atoms with Crippen LogP contribution >= 0.6 is 15.9 Å². The van der Waals surface area contributed by atoms with Crippen molar-refractivity contribution in [2.24, 2.45) is 0 Å². The smallest absolute Gasteiger partial charge is 0.326 e. The molecule has 1 aliphatic rings. The lowest BCUT2D eigenvalue weighted by Gasteiger charge is -2.03. The van der Waals surface area contributed by atoms with Crippen molar-refractivity contribution in [3.8, 4) is 5.75 Å². The fraction of sp³-hybridized carbons (Fsp3) is 0. The van der Waals surface area contributed by atoms with Crippen LogP contribution in [0.5, 0.6) is 5.75 Å². The number of nitro groups is 1. The van der Waals surface area contributed by atoms with E-state index < -0.39 is 16.9 Å². The van der Waals surface area contributed by atoms with Gasteiger partial charge in [0.15, 0.2) is 0 Å². The monoisotopic (exact) mass is 327 g/mol. The van der Waals surface area contributed by atoms with Gasteiger partial charge in [-0.05, 0) is 22.0 Å². The Kier molecular flexibility index (Phi) is 3.21. The molecule has 1 fully saturated rings. The van der Waals surface area contributed by atoms with Crippen molar-refractivity contribution < 1.29 is 19.6 Å². The second-order valence-electron chi connectivity index (χ2n) is 3.59. The number of amides is 3. The van der Waals surface area contributed by atoms with Gasteiger partial charge in [-0.2, -0.15) is 0 Å². The van der Waals surface area contributed by atoms with Crippen molar-refractivity contribution in [2.75, 3.05) is 0 Å². The predicted molar refractivity (Wildman–Crippen MR) is 67.1 cm³/mol. The number of hydrogen-bond donors (Lipinski definition) is 3. The van der Waals surface area contributed by atoms with E-state index in [4.69, 9.17) is 0 Å². The molecule has 0 atom stereocenters. The largest absolute Gasteiger partial charge is 0.506 e. The Morgan fingerprint density at radius 3 is 2.53 bits per heavy atom. The molecule has 0 aromatic heterocycles. The first-order valence-corrected chi connectivity index (χ1v) is 5.68. The zero-order valence-corrected chi connectivity index (χ0v) is 10.7. The van der Waals surface area contributed by atoms with Gasteiger partial charge in [0.2, 0.25) is 0 Å². The molecule has 3 amide bonds. The normalized spacial score (nSPS) is 16.4. The highest BCUT2D eigenvalue weighted by Gasteiger charge is 2.24. The summed E-state index contributed by atoms with van der Waals surface area (Å²) in [5.41, 5.74) is -0.331. The van der Waals surface area contributed by atoms with Crippen LogP contribution in [0.3, 0.4) is 0 Å². The van der Waals surface area contributed by atoms with Crippen LogP contribution in [0.25, 0.3) is 6.08 Å². The van der Waals surface area contributed by atoms with E-state index in [9.17, 15) is 24.8 Å². The first-order chi connectivity index (χ1) is 8.88. The second kappa shape index (κ2) is 4.69. The van der Waals surface area contributed by atoms with Gasteiger partial charge < -0.3 is 10.4 Å². The van der Waals surface area contributed by atoms with Gasteiger partial charge in [-0.15, -0.1) is 0 Å². The number of non-ortho nitro benzene ring substituents is 1. The zero-order valence-electron chi connectivity index (χ0n) is 9.14. The summed E-state index contributed by atoms with van der Waals surface area (Å²) >= 11 is 2.97. The molecule has 1 aromatic rings. The van der Waals surface area contributed by atoms with Crippen molar-refractivity contribution >= 4 is 39.6 Å². The highest BCUT2D eigenvalue weighted by molar-refractivity contribution is 9.10. The van der Waals surface area contributed by atoms with Crippen LogP contribution in [0, 0.1) is 10.1 Å². The molecular weight excluding hydrogens is 322 g/mol. The average Bonchev–Trinajstić information content (AvgIpc) is 2.63. The van der Waals surface area contributed by atoms with Gasteiger partial charge in [0.25, 0.3) is 11.6 Å². The van der Waals surface area contributed by atoms with E-state index in [-0.39, 0.29) is 27.2 Å². The molecule has 8 nitrogen and oxygen atoms in total. The highest BCUT2D eigenvalue weighted by atomic mass is 79.9. The summed E-state index contributed by atoms with van der Waals surface area (Å²) in [4.78, 5) is 32.3. The van der Waals surface area contributed by atoms with E-state index in [1.54, 1.807) is 0 Å². The maximum Gasteiger partial charge on any atom is 0.326 e. The van der Waals surface area contributed by atoms with Gasteiger partial charge in [-0.1, -0.05) is 0 Å². The average molecular weight is 328 g/mol. The summed E-state index contributed by atoms with van der Waals surface area (Å²) in [5, 5.41) is 24.6. The van der Waals surface area contributed by atoms with Gasteiger partial charge in [0, 0.05) is 17.7 Å². The molecule has 9 heteroatoms. The number of imide groups is 1. The van der Waals surface area contributed by atoms with Crippen LogP contribution < -0.4 is 10.6 Å². The topological polar surface area (TPSA) is 122 Å². The molecule has 0 saturated carbocycles. The maximum atomic E-state index is 11.3. The SMILES string of the molecule is O=C1NC(=O)/C(=C\c2cc([N+](=O)[O-])cc(Br)c2O)N1. The predicted octanol–water partition coefficient (Wildman–Crippen LogP) is 1.24. The fourth-order valence-corrected chi connectivity index (χ4v) is 1.92. The van der Waals surface area contributed by atoms with Crippen LogP contribution in [0.2, 0.25) is 0 Å². The Balaban J connectivity index is 2.51. The Morgan fingerprint density at radius 1 is 1.32 bits per heavy atom. The number of aromatic hydroxyl groups is 1. The van der Waals surface area contributed by atoms with Gasteiger partial charge in [-0.25, -0.2) is 4.79 Å². The number of carbonyl (C=O) groups is 2. The number of nitrogens with zero attached hydrogens (tertiary/aromatic N) is 1. The molecule has 1 heterocycles. The Morgan fingerprint density at radius 2 is 2.00 bits per heavy atom. The van der Waals surface area contributed by atoms with Crippen molar-refractivity contribution in [1.29, 1.82) is 0 Å². The summed E-state index contributed by atoms with van der Waals surface area (Å²) in [5.74, 6) is -0.945. The van der Waals surface area contributed by atoms with Gasteiger partial charge >= 0.3 is 6.03 Å². The number of benzene rings is 1. The van der Waals surface area contributed by atoms with Gasteiger partial charge in [0.1, 0.15) is 11.4 Å². The van der Waals surface area contributed by atoms with Crippen LogP contribution in [0.15, 0.2) is 22.3 Å². The van der Waals surface area contributed by atoms with Crippen LogP contribution in [-0.4, -0.2) is 22.0 Å². The van der Waals surface area contributed by atoms with Crippen LogP contribution in [0.1, 0.15) is 5.56 Å². The van der Waals surface area contributed by atoms with Crippen LogP contribution in [-0.2, 0) is 4.79 Å². The molecule has 3 N–H and O–H groups in total. The number of phenolic OH excluding ortho intramolecular Hbond substituents is 1. The zero-order chi connectivity index (χ0) is 14.2. The molecule has 0 unspecified atom stereocenters. The number of nitro benzene ring substituents is 1. The molecule has 2 rings (SSSR count). The lowest BCUT2D eigenvalue weighted by molar-refractivity contribution is -0.385. The molecule has 1 saturated heterocycles. The summed E-state index contributed by atoms with van der Waals surface area (Å²) < 4.78 is 0.110. The summed E-state index contributed by atoms with van der Waals surface area (Å²) in [6.45, 7) is 0. The first-order valence-electron chi connectivity index (χ1n) is 4.89. The molecule has 0 spiro atoms. The number of halogens is 1. The minimum absolute atomic E-state index is 0.0356. The second-order valence-corrected chi connectivity index (χ2v) is 4.44. The third-order valence-electron chi connectivity index (χ3n) is 2.31. The van der Waals surface area contributed by atoms with E-state index in [2.05, 4.69) is 21.2 Å². The quantitative estimate of drug-likeness (QED) is 0.326. The Bertz CT molecular complexity index is 640. The third kappa shape index (κ3) is 2.55. The van der Waals surface area contributed by atoms with E-state index >= 15 is 0 Å². The number of carbonyl (C=O) groups excluding carboxylic acids is 2. The fourth-order valence-electron chi connectivity index (χ4n) is 1.46. The number of rotatable bonds is 2. The van der Waals surface area contributed by atoms with E-state index in [1.807, 2.05) is 5.32 Å². The molecule has 1 aliphatic heterocycles. The summed E-state index contributed by atoms with van der Waals surface area (Å²) in [7, 11) is 0. The molecule has 0 bridgehead atoms. The minimum Gasteiger partial charge on any atom is -0.506 e. The van der Waals surface area contributed by atoms with Gasteiger partial charge in [0.05, 0.1) is 9.40 Å². The lowest BCUT2D eigenvalue weighted by atomic mass is 10.1. The number of phenols is 1. The molecular formula is C10H6BrN3O5. The molecule has 98 valence electrons. The maximum absolute atomic E-state index is 11.3. The lowest BCUT2D eigenvalue weighted by Crippen LogP contribution is -2.22. The summed E-state index contributed by atoms with van der Waals surface area (Å²) in [6, 6.07) is 1.52. The number of hydrogen-bond acceptors (Lipinski definition) is 5. The first kappa shape index (κ1) is 13.0.